The van der Waals surface area contributed by atoms with Crippen molar-refractivity contribution < 1.29 is 9.59 Å². The quantitative estimate of drug-likeness (QED) is 0.438. The monoisotopic (exact) mass is 373 g/mol. The van der Waals surface area contributed by atoms with Crippen LogP contribution in [0.1, 0.15) is 30.4 Å². The third-order valence-electron chi connectivity index (χ3n) is 4.90. The highest BCUT2D eigenvalue weighted by Gasteiger charge is 2.28. The Hall–Kier alpha value is -3.34. The van der Waals surface area contributed by atoms with E-state index in [1.54, 1.807) is 12.4 Å². The Morgan fingerprint density at radius 3 is 2.93 bits per heavy atom. The normalized spacial score (nSPS) is 17.7. The van der Waals surface area contributed by atoms with Crippen LogP contribution in [-0.2, 0) is 9.59 Å². The molecule has 1 unspecified atom stereocenters. The second-order valence-corrected chi connectivity index (χ2v) is 6.64. The molecule has 0 radical (unpaired) electrons. The number of carbonyl (C=O) groups excluding carboxylic acids is 2. The lowest BCUT2D eigenvalue weighted by atomic mass is 9.91. The highest BCUT2D eigenvalue weighted by Crippen LogP contribution is 2.34. The highest BCUT2D eigenvalue weighted by molar-refractivity contribution is 5.89. The molecule has 5 nitrogen and oxygen atoms in total. The third-order valence-corrected chi connectivity index (χ3v) is 4.90. The predicted octanol–water partition coefficient (Wildman–Crippen LogP) is 3.85. The van der Waals surface area contributed by atoms with E-state index >= 15 is 0 Å². The Morgan fingerprint density at radius 2 is 2.18 bits per heavy atom. The van der Waals surface area contributed by atoms with E-state index in [0.717, 1.165) is 40.3 Å². The van der Waals surface area contributed by atoms with Crippen molar-refractivity contribution in [2.75, 3.05) is 13.1 Å². The smallest absolute Gasteiger partial charge is 0.245 e. The standard InChI is InChI=1S/C23H23N3O2/c1-3-7-17(8-5-6-11-27)19-12-20-14-24-16-25-23(20)21(13-19)18-9-10-26(15-18)22(28)4-2/h3-8,11-14,16,18H,2,9-10,15H2,1H3/b6-5+,7-3-,17-8+. The number of amides is 1. The van der Waals surface area contributed by atoms with Gasteiger partial charge in [0.05, 0.1) is 5.52 Å². The number of likely N-dealkylation sites (tertiary alicyclic amines) is 1. The molecule has 1 aliphatic heterocycles. The van der Waals surface area contributed by atoms with E-state index in [2.05, 4.69) is 28.7 Å². The Bertz CT molecular complexity index is 989. The number of hydrogen-bond donors (Lipinski definition) is 0. The second kappa shape index (κ2) is 9.04. The van der Waals surface area contributed by atoms with Gasteiger partial charge in [-0.25, -0.2) is 9.97 Å². The van der Waals surface area contributed by atoms with Crippen LogP contribution in [0, 0.1) is 0 Å². The first kappa shape index (κ1) is 19.4. The molecule has 0 aliphatic carbocycles. The van der Waals surface area contributed by atoms with Crippen LogP contribution in [-0.4, -0.2) is 40.2 Å². The van der Waals surface area contributed by atoms with Crippen LogP contribution in [0.25, 0.3) is 16.5 Å². The summed E-state index contributed by atoms with van der Waals surface area (Å²) in [7, 11) is 0. The van der Waals surface area contributed by atoms with E-state index in [9.17, 15) is 9.59 Å². The second-order valence-electron chi connectivity index (χ2n) is 6.64. The summed E-state index contributed by atoms with van der Waals surface area (Å²) in [6.07, 6.45) is 15.4. The minimum Gasteiger partial charge on any atom is -0.339 e. The van der Waals surface area contributed by atoms with Gasteiger partial charge < -0.3 is 4.90 Å². The van der Waals surface area contributed by atoms with Crippen molar-refractivity contribution in [1.29, 1.82) is 0 Å². The Kier molecular flexibility index (Phi) is 6.27. The van der Waals surface area contributed by atoms with Crippen molar-refractivity contribution in [3.8, 4) is 0 Å². The molecule has 2 heterocycles. The Morgan fingerprint density at radius 1 is 1.32 bits per heavy atom. The molecule has 1 atom stereocenters. The predicted molar refractivity (Wildman–Crippen MR) is 112 cm³/mol. The van der Waals surface area contributed by atoms with Crippen LogP contribution < -0.4 is 0 Å². The maximum atomic E-state index is 12.0. The van der Waals surface area contributed by atoms with E-state index in [1.165, 1.54) is 12.2 Å². The van der Waals surface area contributed by atoms with Gasteiger partial charge in [0, 0.05) is 30.6 Å². The molecule has 0 bridgehead atoms. The topological polar surface area (TPSA) is 63.2 Å². The van der Waals surface area contributed by atoms with Gasteiger partial charge >= 0.3 is 0 Å². The van der Waals surface area contributed by atoms with Gasteiger partial charge in [0.2, 0.25) is 5.91 Å². The van der Waals surface area contributed by atoms with E-state index in [-0.39, 0.29) is 11.8 Å². The summed E-state index contributed by atoms with van der Waals surface area (Å²) in [5.41, 5.74) is 4.05. The van der Waals surface area contributed by atoms with Crippen molar-refractivity contribution in [3.63, 3.8) is 0 Å². The summed E-state index contributed by atoms with van der Waals surface area (Å²) in [6.45, 7) is 6.91. The average molecular weight is 373 g/mol. The molecule has 1 aromatic carbocycles. The maximum absolute atomic E-state index is 12.0. The molecule has 1 fully saturated rings. The molecule has 0 saturated carbocycles. The van der Waals surface area contributed by atoms with Crippen LogP contribution in [0.15, 0.2) is 67.7 Å². The van der Waals surface area contributed by atoms with Crippen molar-refractivity contribution in [3.05, 3.63) is 78.8 Å². The molecule has 1 aromatic heterocycles. The van der Waals surface area contributed by atoms with Crippen LogP contribution >= 0.6 is 0 Å². The van der Waals surface area contributed by atoms with Crippen LogP contribution in [0.5, 0.6) is 0 Å². The highest BCUT2D eigenvalue weighted by atomic mass is 16.2. The number of rotatable bonds is 6. The van der Waals surface area contributed by atoms with Crippen molar-refractivity contribution in [2.45, 2.75) is 19.3 Å². The first-order chi connectivity index (χ1) is 13.7. The fourth-order valence-electron chi connectivity index (χ4n) is 3.59. The molecular weight excluding hydrogens is 350 g/mol. The summed E-state index contributed by atoms with van der Waals surface area (Å²) in [5, 5.41) is 0.957. The minimum absolute atomic E-state index is 0.0360. The number of fused-ring (bicyclic) bond motifs is 1. The molecule has 142 valence electrons. The lowest BCUT2D eigenvalue weighted by Gasteiger charge is -2.17. The molecule has 1 saturated heterocycles. The third kappa shape index (κ3) is 4.14. The van der Waals surface area contributed by atoms with Gasteiger partial charge in [-0.1, -0.05) is 30.9 Å². The summed E-state index contributed by atoms with van der Waals surface area (Å²) in [4.78, 5) is 33.1. The lowest BCUT2D eigenvalue weighted by molar-refractivity contribution is -0.125. The number of aromatic nitrogens is 2. The maximum Gasteiger partial charge on any atom is 0.245 e. The minimum atomic E-state index is -0.0360. The zero-order valence-corrected chi connectivity index (χ0v) is 15.9. The van der Waals surface area contributed by atoms with Crippen molar-refractivity contribution in [1.82, 2.24) is 14.9 Å². The van der Waals surface area contributed by atoms with Gasteiger partial charge in [-0.2, -0.15) is 0 Å². The van der Waals surface area contributed by atoms with Crippen molar-refractivity contribution in [2.24, 2.45) is 0 Å². The van der Waals surface area contributed by atoms with Gasteiger partial charge in [-0.15, -0.1) is 0 Å². The molecular formula is C23H23N3O2. The summed E-state index contributed by atoms with van der Waals surface area (Å²) < 4.78 is 0. The molecule has 28 heavy (non-hydrogen) atoms. The average Bonchev–Trinajstić information content (AvgIpc) is 3.22. The summed E-state index contributed by atoms with van der Waals surface area (Å²) in [5.74, 6) is 0.171. The number of hydrogen-bond acceptors (Lipinski definition) is 4. The summed E-state index contributed by atoms with van der Waals surface area (Å²) >= 11 is 0. The van der Waals surface area contributed by atoms with Crippen LogP contribution in [0.3, 0.4) is 0 Å². The Balaban J connectivity index is 2.08. The fourth-order valence-corrected chi connectivity index (χ4v) is 3.59. The number of allylic oxidation sites excluding steroid dienone is 6. The van der Waals surface area contributed by atoms with Crippen LogP contribution in [0.2, 0.25) is 0 Å². The van der Waals surface area contributed by atoms with Gasteiger partial charge in [0.1, 0.15) is 12.6 Å². The largest absolute Gasteiger partial charge is 0.339 e. The first-order valence-corrected chi connectivity index (χ1v) is 9.28. The lowest BCUT2D eigenvalue weighted by Crippen LogP contribution is -2.26. The number of nitrogens with zero attached hydrogens (tertiary/aromatic N) is 3. The fraction of sp³-hybridized carbons (Fsp3) is 0.217. The zero-order valence-electron chi connectivity index (χ0n) is 15.9. The molecule has 2 aromatic rings. The van der Waals surface area contributed by atoms with E-state index < -0.39 is 0 Å². The number of benzene rings is 1. The SMILES string of the molecule is C=CC(=O)N1CCC(c2cc(C(/C=C\C)=C/C=C/C=O)cc3cncnc23)C1. The van der Waals surface area contributed by atoms with Gasteiger partial charge in [0.25, 0.3) is 0 Å². The molecule has 0 N–H and O–H groups in total. The van der Waals surface area contributed by atoms with Crippen LogP contribution in [0.4, 0.5) is 0 Å². The number of carbonyl (C=O) groups is 2. The van der Waals surface area contributed by atoms with E-state index in [0.29, 0.717) is 13.1 Å². The van der Waals surface area contributed by atoms with E-state index in [4.69, 9.17) is 0 Å². The van der Waals surface area contributed by atoms with Crippen molar-refractivity contribution >= 4 is 28.7 Å². The summed E-state index contributed by atoms with van der Waals surface area (Å²) in [6, 6.07) is 4.20. The van der Waals surface area contributed by atoms with Gasteiger partial charge in [-0.05, 0) is 54.3 Å². The van der Waals surface area contributed by atoms with E-state index in [1.807, 2.05) is 36.2 Å². The number of aldehydes is 1. The molecule has 5 heteroatoms. The Labute approximate surface area is 164 Å². The zero-order chi connectivity index (χ0) is 19.9. The molecule has 0 spiro atoms. The molecule has 1 aliphatic rings. The first-order valence-electron chi connectivity index (χ1n) is 9.28. The van der Waals surface area contributed by atoms with Gasteiger partial charge in [0.15, 0.2) is 0 Å². The van der Waals surface area contributed by atoms with Gasteiger partial charge in [-0.3, -0.25) is 9.59 Å². The molecule has 3 rings (SSSR count). The molecule has 1 amide bonds.